The van der Waals surface area contributed by atoms with Crippen molar-refractivity contribution in [1.29, 1.82) is 0 Å². The highest BCUT2D eigenvalue weighted by Gasteiger charge is 2.08. The molecule has 0 fully saturated rings. The van der Waals surface area contributed by atoms with Gasteiger partial charge in [-0.1, -0.05) is 19.9 Å². The molecule has 0 bridgehead atoms. The zero-order valence-electron chi connectivity index (χ0n) is 14.3. The molecule has 0 spiro atoms. The van der Waals surface area contributed by atoms with Crippen molar-refractivity contribution in [2.45, 2.75) is 20.8 Å². The monoisotopic (exact) mass is 363 g/mol. The maximum atomic E-state index is 11.7. The summed E-state index contributed by atoms with van der Waals surface area (Å²) in [5.41, 5.74) is 1.21. The molecule has 0 aliphatic heterocycles. The molecule has 1 aromatic carbocycles. The van der Waals surface area contributed by atoms with Crippen LogP contribution in [0.15, 0.2) is 36.4 Å². The summed E-state index contributed by atoms with van der Waals surface area (Å²) in [6.45, 7) is 5.49. The molecule has 1 aromatic rings. The predicted molar refractivity (Wildman–Crippen MR) is 100 cm³/mol. The van der Waals surface area contributed by atoms with Gasteiger partial charge in [-0.3, -0.25) is 14.9 Å². The number of rotatable bonds is 6. The first-order valence-corrected chi connectivity index (χ1v) is 8.10. The van der Waals surface area contributed by atoms with Crippen LogP contribution in [0.1, 0.15) is 20.8 Å². The summed E-state index contributed by atoms with van der Waals surface area (Å²) in [5.74, 6) is -1.40. The Labute approximate surface area is 151 Å². The van der Waals surface area contributed by atoms with Crippen molar-refractivity contribution in [2.75, 3.05) is 17.2 Å². The van der Waals surface area contributed by atoms with Gasteiger partial charge in [0, 0.05) is 29.4 Å². The Hall–Kier alpha value is -2.74. The van der Waals surface area contributed by atoms with E-state index in [-0.39, 0.29) is 23.5 Å². The quantitative estimate of drug-likeness (QED) is 0.407. The van der Waals surface area contributed by atoms with Crippen LogP contribution in [0, 0.1) is 5.92 Å². The van der Waals surface area contributed by atoms with Gasteiger partial charge in [-0.25, -0.2) is 4.79 Å². The average Bonchev–Trinajstić information content (AvgIpc) is 2.53. The number of nitrogens with one attached hydrogen (secondary N) is 3. The summed E-state index contributed by atoms with van der Waals surface area (Å²) >= 11 is 5.04. The summed E-state index contributed by atoms with van der Waals surface area (Å²) in [7, 11) is 0. The highest BCUT2D eigenvalue weighted by molar-refractivity contribution is 7.80. The van der Waals surface area contributed by atoms with Crippen molar-refractivity contribution < 1.29 is 19.1 Å². The van der Waals surface area contributed by atoms with E-state index in [0.717, 1.165) is 12.2 Å². The summed E-state index contributed by atoms with van der Waals surface area (Å²) in [5, 5.41) is 8.06. The highest BCUT2D eigenvalue weighted by Crippen LogP contribution is 2.15. The number of benzene rings is 1. The third-order valence-corrected chi connectivity index (χ3v) is 3.01. The number of thiocarbonyl (C=S) groups is 1. The molecule has 25 heavy (non-hydrogen) atoms. The predicted octanol–water partition coefficient (Wildman–Crippen LogP) is 2.21. The fourth-order valence-corrected chi connectivity index (χ4v) is 1.83. The second-order valence-electron chi connectivity index (χ2n) is 5.25. The highest BCUT2D eigenvalue weighted by atomic mass is 32.1. The Morgan fingerprint density at radius 2 is 1.80 bits per heavy atom. The molecule has 2 amide bonds. The van der Waals surface area contributed by atoms with E-state index in [4.69, 9.17) is 12.2 Å². The number of ether oxygens (including phenoxy) is 1. The molecule has 3 N–H and O–H groups in total. The first-order valence-electron chi connectivity index (χ1n) is 7.69. The maximum absolute atomic E-state index is 11.7. The number of hydrogen-bond donors (Lipinski definition) is 3. The molecule has 0 heterocycles. The lowest BCUT2D eigenvalue weighted by Crippen LogP contribution is -2.33. The van der Waals surface area contributed by atoms with E-state index in [9.17, 15) is 14.4 Å². The van der Waals surface area contributed by atoms with Crippen LogP contribution in [0.5, 0.6) is 0 Å². The van der Waals surface area contributed by atoms with Crippen molar-refractivity contribution in [3.63, 3.8) is 0 Å². The Morgan fingerprint density at radius 1 is 1.16 bits per heavy atom. The lowest BCUT2D eigenvalue weighted by atomic mass is 10.2. The molecule has 0 atom stereocenters. The Balaban J connectivity index is 2.58. The van der Waals surface area contributed by atoms with Crippen molar-refractivity contribution >= 4 is 46.5 Å². The molecule has 0 aliphatic carbocycles. The van der Waals surface area contributed by atoms with Gasteiger partial charge >= 0.3 is 5.97 Å². The second-order valence-corrected chi connectivity index (χ2v) is 5.66. The Kier molecular flexibility index (Phi) is 8.28. The van der Waals surface area contributed by atoms with E-state index in [2.05, 4.69) is 20.7 Å². The van der Waals surface area contributed by atoms with Crippen LogP contribution < -0.4 is 16.0 Å². The van der Waals surface area contributed by atoms with E-state index >= 15 is 0 Å². The fraction of sp³-hybridized carbons (Fsp3) is 0.294. The first kappa shape index (κ1) is 20.3. The summed E-state index contributed by atoms with van der Waals surface area (Å²) < 4.78 is 4.67. The van der Waals surface area contributed by atoms with E-state index < -0.39 is 11.9 Å². The molecule has 134 valence electrons. The molecule has 7 nitrogen and oxygen atoms in total. The van der Waals surface area contributed by atoms with E-state index in [1.807, 2.05) is 0 Å². The zero-order valence-corrected chi connectivity index (χ0v) is 15.1. The molecule has 0 radical (unpaired) electrons. The van der Waals surface area contributed by atoms with Crippen molar-refractivity contribution in [2.24, 2.45) is 5.92 Å². The first-order chi connectivity index (χ1) is 11.8. The number of amides is 2. The van der Waals surface area contributed by atoms with Gasteiger partial charge in [0.1, 0.15) is 0 Å². The second kappa shape index (κ2) is 10.2. The zero-order chi connectivity index (χ0) is 18.8. The normalized spacial score (nSPS) is 10.4. The molecule has 0 aliphatic rings. The van der Waals surface area contributed by atoms with Crippen molar-refractivity contribution in [3.8, 4) is 0 Å². The molecule has 0 saturated heterocycles. The standard InChI is InChI=1S/C17H21N3O4S/c1-4-24-15(22)9-8-14(21)20-17(25)19-13-7-5-6-12(10-13)18-16(23)11(2)3/h5-11H,4H2,1-3H3,(H,18,23)(H2,19,20,21,25)/b9-8+. The van der Waals surface area contributed by atoms with E-state index in [0.29, 0.717) is 11.4 Å². The fourth-order valence-electron chi connectivity index (χ4n) is 1.61. The molecular weight excluding hydrogens is 342 g/mol. The lowest BCUT2D eigenvalue weighted by molar-refractivity contribution is -0.137. The van der Waals surface area contributed by atoms with Crippen LogP contribution in [0.25, 0.3) is 0 Å². The molecular formula is C17H21N3O4S. The number of hydrogen-bond acceptors (Lipinski definition) is 5. The van der Waals surface area contributed by atoms with Crippen LogP contribution in [0.3, 0.4) is 0 Å². The molecule has 0 aromatic heterocycles. The van der Waals surface area contributed by atoms with Crippen molar-refractivity contribution in [3.05, 3.63) is 36.4 Å². The molecule has 0 saturated carbocycles. The van der Waals surface area contributed by atoms with Crippen LogP contribution in [0.2, 0.25) is 0 Å². The van der Waals surface area contributed by atoms with Gasteiger partial charge in [0.05, 0.1) is 6.61 Å². The van der Waals surface area contributed by atoms with Gasteiger partial charge in [-0.2, -0.15) is 0 Å². The van der Waals surface area contributed by atoms with Crippen LogP contribution in [0.4, 0.5) is 11.4 Å². The average molecular weight is 363 g/mol. The van der Waals surface area contributed by atoms with Crippen LogP contribution in [-0.4, -0.2) is 29.5 Å². The molecule has 0 unspecified atom stereocenters. The van der Waals surface area contributed by atoms with Gasteiger partial charge < -0.3 is 15.4 Å². The third-order valence-electron chi connectivity index (χ3n) is 2.81. The van der Waals surface area contributed by atoms with E-state index in [1.165, 1.54) is 0 Å². The van der Waals surface area contributed by atoms with Gasteiger partial charge in [0.15, 0.2) is 5.11 Å². The van der Waals surface area contributed by atoms with Crippen molar-refractivity contribution in [1.82, 2.24) is 5.32 Å². The molecule has 1 rings (SSSR count). The summed E-state index contributed by atoms with van der Waals surface area (Å²) in [6.07, 6.45) is 2.05. The largest absolute Gasteiger partial charge is 0.463 e. The SMILES string of the molecule is CCOC(=O)/C=C/C(=O)NC(=S)Nc1cccc(NC(=O)C(C)C)c1. The minimum absolute atomic E-state index is 0.0610. The van der Waals surface area contributed by atoms with Gasteiger partial charge in [-0.15, -0.1) is 0 Å². The van der Waals surface area contributed by atoms with Crippen LogP contribution >= 0.6 is 12.2 Å². The van der Waals surface area contributed by atoms with Gasteiger partial charge in [-0.05, 0) is 37.3 Å². The van der Waals surface area contributed by atoms with E-state index in [1.54, 1.807) is 45.0 Å². The number of carbonyl (C=O) groups is 3. The Bertz CT molecular complexity index is 686. The van der Waals surface area contributed by atoms with Gasteiger partial charge in [0.25, 0.3) is 0 Å². The minimum Gasteiger partial charge on any atom is -0.463 e. The molecule has 8 heteroatoms. The number of carbonyl (C=O) groups excluding carboxylic acids is 3. The van der Waals surface area contributed by atoms with Gasteiger partial charge in [0.2, 0.25) is 11.8 Å². The lowest BCUT2D eigenvalue weighted by Gasteiger charge is -2.11. The number of anilines is 2. The topological polar surface area (TPSA) is 96.5 Å². The summed E-state index contributed by atoms with van der Waals surface area (Å²) in [6, 6.07) is 6.91. The Morgan fingerprint density at radius 3 is 2.40 bits per heavy atom. The summed E-state index contributed by atoms with van der Waals surface area (Å²) in [4.78, 5) is 34.5. The minimum atomic E-state index is -0.606. The van der Waals surface area contributed by atoms with Crippen LogP contribution in [-0.2, 0) is 19.1 Å². The maximum Gasteiger partial charge on any atom is 0.330 e. The number of esters is 1. The smallest absolute Gasteiger partial charge is 0.330 e. The third kappa shape index (κ3) is 8.07.